The second-order valence-corrected chi connectivity index (χ2v) is 5.10. The van der Waals surface area contributed by atoms with Gasteiger partial charge in [-0.15, -0.1) is 0 Å². The topological polar surface area (TPSA) is 0 Å². The molecular weight excluding hydrogens is 204 g/mol. The lowest BCUT2D eigenvalue weighted by atomic mass is 9.94. The maximum Gasteiger partial charge on any atom is -0.0154 e. The molecule has 0 atom stereocenters. The third kappa shape index (κ3) is 2.58. The van der Waals surface area contributed by atoms with Crippen LogP contribution in [0.4, 0.5) is 0 Å². The molecule has 0 spiro atoms. The summed E-state index contributed by atoms with van der Waals surface area (Å²) in [5, 5.41) is 0. The van der Waals surface area contributed by atoms with Gasteiger partial charge >= 0.3 is 0 Å². The Hall–Kier alpha value is -1.56. The van der Waals surface area contributed by atoms with E-state index in [1.165, 1.54) is 27.8 Å². The first-order valence-electron chi connectivity index (χ1n) is 6.25. The fourth-order valence-electron chi connectivity index (χ4n) is 2.20. The molecule has 0 amide bonds. The fraction of sp³-hybridized carbons (Fsp3) is 0.294. The van der Waals surface area contributed by atoms with Gasteiger partial charge in [-0.3, -0.25) is 0 Å². The van der Waals surface area contributed by atoms with E-state index in [-0.39, 0.29) is 0 Å². The van der Waals surface area contributed by atoms with Crippen molar-refractivity contribution in [2.45, 2.75) is 33.6 Å². The van der Waals surface area contributed by atoms with Gasteiger partial charge in [-0.25, -0.2) is 0 Å². The van der Waals surface area contributed by atoms with Crippen molar-refractivity contribution in [3.63, 3.8) is 0 Å². The van der Waals surface area contributed by atoms with E-state index >= 15 is 0 Å². The lowest BCUT2D eigenvalue weighted by molar-refractivity contribution is 0.867. The number of rotatable bonds is 2. The van der Waals surface area contributed by atoms with Crippen molar-refractivity contribution in [3.05, 3.63) is 59.2 Å². The molecule has 2 aromatic carbocycles. The molecule has 0 bridgehead atoms. The zero-order valence-electron chi connectivity index (χ0n) is 11.1. The summed E-state index contributed by atoms with van der Waals surface area (Å²) in [7, 11) is 0. The second kappa shape index (κ2) is 4.75. The highest BCUT2D eigenvalue weighted by atomic mass is 14.1. The predicted octanol–water partition coefficient (Wildman–Crippen LogP) is 5.09. The molecule has 0 radical (unpaired) electrons. The molecule has 0 saturated carbocycles. The van der Waals surface area contributed by atoms with E-state index in [2.05, 4.69) is 70.2 Å². The second-order valence-electron chi connectivity index (χ2n) is 5.10. The Balaban J connectivity index is 2.49. The number of hydrogen-bond donors (Lipinski definition) is 0. The summed E-state index contributed by atoms with van der Waals surface area (Å²) in [5.41, 5.74) is 6.76. The third-order valence-electron chi connectivity index (χ3n) is 3.25. The molecule has 2 rings (SSSR count). The average Bonchev–Trinajstić information content (AvgIpc) is 2.29. The summed E-state index contributed by atoms with van der Waals surface area (Å²) in [6, 6.07) is 15.5. The van der Waals surface area contributed by atoms with Crippen molar-refractivity contribution in [1.29, 1.82) is 0 Å². The lowest BCUT2D eigenvalue weighted by Gasteiger charge is -2.11. The normalized spacial score (nSPS) is 10.9. The van der Waals surface area contributed by atoms with E-state index in [1.54, 1.807) is 0 Å². The molecule has 88 valence electrons. The van der Waals surface area contributed by atoms with Crippen LogP contribution in [0.25, 0.3) is 11.1 Å². The van der Waals surface area contributed by atoms with Crippen LogP contribution >= 0.6 is 0 Å². The molecule has 0 fully saturated rings. The highest BCUT2D eigenvalue weighted by Gasteiger charge is 2.04. The molecule has 0 aliphatic carbocycles. The van der Waals surface area contributed by atoms with Gasteiger partial charge in [0.15, 0.2) is 0 Å². The minimum atomic E-state index is 0.584. The zero-order chi connectivity index (χ0) is 12.4. The van der Waals surface area contributed by atoms with E-state index in [9.17, 15) is 0 Å². The van der Waals surface area contributed by atoms with Crippen LogP contribution in [0, 0.1) is 13.8 Å². The lowest BCUT2D eigenvalue weighted by Crippen LogP contribution is -1.89. The van der Waals surface area contributed by atoms with Crippen molar-refractivity contribution in [1.82, 2.24) is 0 Å². The fourth-order valence-corrected chi connectivity index (χ4v) is 2.20. The molecule has 0 saturated heterocycles. The summed E-state index contributed by atoms with van der Waals surface area (Å²) in [5.74, 6) is 0.584. The first kappa shape index (κ1) is 11.9. The van der Waals surface area contributed by atoms with Crippen LogP contribution < -0.4 is 0 Å². The molecule has 0 heterocycles. The van der Waals surface area contributed by atoms with Crippen molar-refractivity contribution >= 4 is 0 Å². The quantitative estimate of drug-likeness (QED) is 0.666. The van der Waals surface area contributed by atoms with E-state index in [4.69, 9.17) is 0 Å². The Morgan fingerprint density at radius 3 is 2.29 bits per heavy atom. The van der Waals surface area contributed by atoms with Gasteiger partial charge in [0, 0.05) is 0 Å². The van der Waals surface area contributed by atoms with Gasteiger partial charge in [-0.1, -0.05) is 61.9 Å². The monoisotopic (exact) mass is 224 g/mol. The van der Waals surface area contributed by atoms with E-state index < -0.39 is 0 Å². The summed E-state index contributed by atoms with van der Waals surface area (Å²) >= 11 is 0. The molecule has 0 aromatic heterocycles. The minimum Gasteiger partial charge on any atom is -0.0614 e. The first-order chi connectivity index (χ1) is 8.08. The summed E-state index contributed by atoms with van der Waals surface area (Å²) in [4.78, 5) is 0. The van der Waals surface area contributed by atoms with Gasteiger partial charge in [-0.05, 0) is 42.0 Å². The maximum absolute atomic E-state index is 2.31. The van der Waals surface area contributed by atoms with Crippen LogP contribution in [0.1, 0.15) is 36.5 Å². The maximum atomic E-state index is 2.31. The molecule has 0 aliphatic heterocycles. The molecule has 0 N–H and O–H groups in total. The Labute approximate surface area is 104 Å². The van der Waals surface area contributed by atoms with Crippen molar-refractivity contribution in [3.8, 4) is 11.1 Å². The Kier molecular flexibility index (Phi) is 3.33. The van der Waals surface area contributed by atoms with Gasteiger partial charge in [0.05, 0.1) is 0 Å². The number of hydrogen-bond acceptors (Lipinski definition) is 0. The predicted molar refractivity (Wildman–Crippen MR) is 75.4 cm³/mol. The molecule has 0 nitrogen and oxygen atoms in total. The van der Waals surface area contributed by atoms with Crippen LogP contribution in [0.2, 0.25) is 0 Å². The van der Waals surface area contributed by atoms with Crippen molar-refractivity contribution in [2.24, 2.45) is 0 Å². The molecule has 0 aliphatic rings. The molecule has 2 aromatic rings. The zero-order valence-corrected chi connectivity index (χ0v) is 11.1. The standard InChI is InChI=1S/C17H20/c1-12(2)15-6-5-7-16(11-15)17-9-8-13(3)10-14(17)4/h5-12H,1-4H3. The summed E-state index contributed by atoms with van der Waals surface area (Å²) < 4.78 is 0. The summed E-state index contributed by atoms with van der Waals surface area (Å²) in [6.45, 7) is 8.80. The number of benzene rings is 2. The van der Waals surface area contributed by atoms with Crippen LogP contribution in [0.5, 0.6) is 0 Å². The van der Waals surface area contributed by atoms with Crippen LogP contribution in [0.15, 0.2) is 42.5 Å². The minimum absolute atomic E-state index is 0.584. The van der Waals surface area contributed by atoms with Crippen molar-refractivity contribution < 1.29 is 0 Å². The molecular formula is C17H20. The van der Waals surface area contributed by atoms with Gasteiger partial charge in [0.2, 0.25) is 0 Å². The molecule has 0 unspecified atom stereocenters. The Bertz CT molecular complexity index is 521. The van der Waals surface area contributed by atoms with Gasteiger partial charge in [0.25, 0.3) is 0 Å². The number of aryl methyl sites for hydroxylation is 2. The molecule has 0 heteroatoms. The van der Waals surface area contributed by atoms with Gasteiger partial charge < -0.3 is 0 Å². The highest BCUT2D eigenvalue weighted by molar-refractivity contribution is 5.68. The Morgan fingerprint density at radius 1 is 0.882 bits per heavy atom. The van der Waals surface area contributed by atoms with E-state index in [1.807, 2.05) is 0 Å². The highest BCUT2D eigenvalue weighted by Crippen LogP contribution is 2.27. The van der Waals surface area contributed by atoms with Crippen LogP contribution in [-0.4, -0.2) is 0 Å². The molecule has 17 heavy (non-hydrogen) atoms. The van der Waals surface area contributed by atoms with E-state index in [0.29, 0.717) is 5.92 Å². The first-order valence-corrected chi connectivity index (χ1v) is 6.25. The average molecular weight is 224 g/mol. The van der Waals surface area contributed by atoms with E-state index in [0.717, 1.165) is 0 Å². The van der Waals surface area contributed by atoms with Crippen LogP contribution in [0.3, 0.4) is 0 Å². The SMILES string of the molecule is Cc1ccc(-c2cccc(C(C)C)c2)c(C)c1. The van der Waals surface area contributed by atoms with Gasteiger partial charge in [0.1, 0.15) is 0 Å². The largest absolute Gasteiger partial charge is 0.0614 e. The van der Waals surface area contributed by atoms with Gasteiger partial charge in [-0.2, -0.15) is 0 Å². The Morgan fingerprint density at radius 2 is 1.65 bits per heavy atom. The summed E-state index contributed by atoms with van der Waals surface area (Å²) in [6.07, 6.45) is 0. The third-order valence-corrected chi connectivity index (χ3v) is 3.25. The van der Waals surface area contributed by atoms with Crippen molar-refractivity contribution in [2.75, 3.05) is 0 Å². The van der Waals surface area contributed by atoms with Crippen LogP contribution in [-0.2, 0) is 0 Å². The smallest absolute Gasteiger partial charge is 0.0154 e.